The molecule has 5 nitrogen and oxygen atoms in total. The van der Waals surface area contributed by atoms with E-state index in [1.165, 1.54) is 12.4 Å². The highest BCUT2D eigenvalue weighted by Crippen LogP contribution is 2.18. The van der Waals surface area contributed by atoms with Crippen LogP contribution in [-0.2, 0) is 0 Å². The molecule has 1 fully saturated rings. The van der Waals surface area contributed by atoms with E-state index < -0.39 is 0 Å². The van der Waals surface area contributed by atoms with Crippen molar-refractivity contribution in [3.8, 4) is 0 Å². The number of carbonyl (C=O) groups excluding carboxylic acids is 1. The number of rotatable bonds is 2. The first-order valence-electron chi connectivity index (χ1n) is 5.11. The molecule has 0 aliphatic carbocycles. The van der Waals surface area contributed by atoms with Crippen LogP contribution in [0.3, 0.4) is 0 Å². The van der Waals surface area contributed by atoms with Crippen molar-refractivity contribution in [3.63, 3.8) is 0 Å². The summed E-state index contributed by atoms with van der Waals surface area (Å²) in [7, 11) is 0. The molecule has 1 aromatic heterocycles. The van der Waals surface area contributed by atoms with E-state index in [1.807, 2.05) is 0 Å². The van der Waals surface area contributed by atoms with Crippen LogP contribution in [0, 0.1) is 0 Å². The number of nitrogens with zero attached hydrogens (tertiary/aromatic N) is 3. The first-order valence-corrected chi connectivity index (χ1v) is 5.49. The smallest absolute Gasteiger partial charge is 0.274 e. The van der Waals surface area contributed by atoms with E-state index in [0.717, 1.165) is 12.8 Å². The summed E-state index contributed by atoms with van der Waals surface area (Å²) < 4.78 is 0. The van der Waals surface area contributed by atoms with Gasteiger partial charge in [-0.15, -0.1) is 0 Å². The molecular weight excluding hydrogens is 230 g/mol. The van der Waals surface area contributed by atoms with Crippen LogP contribution in [0.25, 0.3) is 0 Å². The summed E-state index contributed by atoms with van der Waals surface area (Å²) in [6, 6.07) is -0.0926. The standard InChI is InChI=1S/C10H12ClN3O2/c11-9-5-12-8(4-13-9)10(16)14-3-1-2-7(14)6-15/h4-5,7,15H,1-3,6H2. The normalized spacial score (nSPS) is 20.1. The molecule has 1 aromatic rings. The van der Waals surface area contributed by atoms with E-state index in [-0.39, 0.29) is 29.4 Å². The number of carbonyl (C=O) groups is 1. The fraction of sp³-hybridized carbons (Fsp3) is 0.500. The Hall–Kier alpha value is -1.20. The molecule has 6 heteroatoms. The minimum atomic E-state index is -0.194. The average Bonchev–Trinajstić information content (AvgIpc) is 2.77. The van der Waals surface area contributed by atoms with Crippen molar-refractivity contribution in [2.45, 2.75) is 18.9 Å². The van der Waals surface area contributed by atoms with Gasteiger partial charge >= 0.3 is 0 Å². The Morgan fingerprint density at radius 1 is 1.56 bits per heavy atom. The molecule has 1 atom stereocenters. The number of likely N-dealkylation sites (tertiary alicyclic amines) is 1. The average molecular weight is 242 g/mol. The third kappa shape index (κ3) is 2.15. The molecule has 0 bridgehead atoms. The lowest BCUT2D eigenvalue weighted by Gasteiger charge is -2.22. The van der Waals surface area contributed by atoms with Gasteiger partial charge in [0, 0.05) is 6.54 Å². The van der Waals surface area contributed by atoms with E-state index >= 15 is 0 Å². The fourth-order valence-electron chi connectivity index (χ4n) is 1.86. The Balaban J connectivity index is 2.15. The first-order chi connectivity index (χ1) is 7.72. The summed E-state index contributed by atoms with van der Waals surface area (Å²) in [5.74, 6) is -0.194. The Morgan fingerprint density at radius 3 is 3.00 bits per heavy atom. The number of aromatic nitrogens is 2. The predicted octanol–water partition coefficient (Wildman–Crippen LogP) is 0.727. The van der Waals surface area contributed by atoms with Gasteiger partial charge in [0.25, 0.3) is 5.91 Å². The SMILES string of the molecule is O=C(c1cnc(Cl)cn1)N1CCCC1CO. The molecule has 1 N–H and O–H groups in total. The van der Waals surface area contributed by atoms with E-state index in [0.29, 0.717) is 6.54 Å². The second kappa shape index (κ2) is 4.76. The third-order valence-corrected chi connectivity index (χ3v) is 2.88. The van der Waals surface area contributed by atoms with Crippen LogP contribution >= 0.6 is 11.6 Å². The highest BCUT2D eigenvalue weighted by Gasteiger charge is 2.29. The van der Waals surface area contributed by atoms with Crippen molar-refractivity contribution >= 4 is 17.5 Å². The van der Waals surface area contributed by atoms with Crippen molar-refractivity contribution in [3.05, 3.63) is 23.2 Å². The molecule has 16 heavy (non-hydrogen) atoms. The van der Waals surface area contributed by atoms with Gasteiger partial charge in [0.15, 0.2) is 0 Å². The summed E-state index contributed by atoms with van der Waals surface area (Å²) in [5.41, 5.74) is 0.268. The number of aliphatic hydroxyl groups excluding tert-OH is 1. The third-order valence-electron chi connectivity index (χ3n) is 2.69. The summed E-state index contributed by atoms with van der Waals surface area (Å²) >= 11 is 5.59. The number of halogens is 1. The van der Waals surface area contributed by atoms with Crippen molar-refractivity contribution in [2.75, 3.05) is 13.2 Å². The largest absolute Gasteiger partial charge is 0.394 e. The van der Waals surface area contributed by atoms with E-state index in [2.05, 4.69) is 9.97 Å². The zero-order valence-corrected chi connectivity index (χ0v) is 9.39. The predicted molar refractivity (Wildman–Crippen MR) is 58.2 cm³/mol. The molecule has 1 aliphatic heterocycles. The quantitative estimate of drug-likeness (QED) is 0.829. The molecule has 0 spiro atoms. The van der Waals surface area contributed by atoms with Crippen LogP contribution < -0.4 is 0 Å². The molecule has 2 rings (SSSR count). The minimum absolute atomic E-state index is 0.00718. The Kier molecular flexibility index (Phi) is 3.36. The van der Waals surface area contributed by atoms with E-state index in [9.17, 15) is 4.79 Å². The molecule has 1 unspecified atom stereocenters. The number of hydrogen-bond acceptors (Lipinski definition) is 4. The summed E-state index contributed by atoms with van der Waals surface area (Å²) in [5, 5.41) is 9.39. The lowest BCUT2D eigenvalue weighted by molar-refractivity contribution is 0.0671. The fourth-order valence-corrected chi connectivity index (χ4v) is 1.96. The van der Waals surface area contributed by atoms with Gasteiger partial charge in [0.1, 0.15) is 10.8 Å². The van der Waals surface area contributed by atoms with Gasteiger partial charge in [-0.25, -0.2) is 9.97 Å². The number of hydrogen-bond donors (Lipinski definition) is 1. The second-order valence-electron chi connectivity index (χ2n) is 3.70. The molecule has 0 aromatic carbocycles. The van der Waals surface area contributed by atoms with Crippen molar-refractivity contribution in [1.29, 1.82) is 0 Å². The first kappa shape index (κ1) is 11.3. The van der Waals surface area contributed by atoms with Crippen LogP contribution in [0.5, 0.6) is 0 Å². The second-order valence-corrected chi connectivity index (χ2v) is 4.09. The molecule has 86 valence electrons. The Labute approximate surface area is 98.1 Å². The van der Waals surface area contributed by atoms with E-state index in [4.69, 9.17) is 16.7 Å². The van der Waals surface area contributed by atoms with Crippen LogP contribution in [0.4, 0.5) is 0 Å². The highest BCUT2D eigenvalue weighted by atomic mass is 35.5. The van der Waals surface area contributed by atoms with Gasteiger partial charge in [-0.3, -0.25) is 4.79 Å². The Morgan fingerprint density at radius 2 is 2.38 bits per heavy atom. The zero-order valence-electron chi connectivity index (χ0n) is 8.64. The molecule has 1 saturated heterocycles. The van der Waals surface area contributed by atoms with Gasteiger partial charge in [-0.05, 0) is 12.8 Å². The van der Waals surface area contributed by atoms with E-state index in [1.54, 1.807) is 4.90 Å². The van der Waals surface area contributed by atoms with Crippen LogP contribution in [0.2, 0.25) is 5.15 Å². The zero-order chi connectivity index (χ0) is 11.5. The maximum Gasteiger partial charge on any atom is 0.274 e. The van der Waals surface area contributed by atoms with Gasteiger partial charge in [0.2, 0.25) is 0 Å². The van der Waals surface area contributed by atoms with Gasteiger partial charge in [-0.1, -0.05) is 11.6 Å². The number of aliphatic hydroxyl groups is 1. The van der Waals surface area contributed by atoms with Crippen molar-refractivity contribution in [1.82, 2.24) is 14.9 Å². The van der Waals surface area contributed by atoms with Crippen LogP contribution in [0.15, 0.2) is 12.4 Å². The lowest BCUT2D eigenvalue weighted by atomic mass is 10.2. The topological polar surface area (TPSA) is 66.3 Å². The summed E-state index contributed by atoms with van der Waals surface area (Å²) in [4.78, 5) is 21.4. The van der Waals surface area contributed by atoms with Crippen molar-refractivity contribution < 1.29 is 9.90 Å². The van der Waals surface area contributed by atoms with Crippen LogP contribution in [0.1, 0.15) is 23.3 Å². The maximum absolute atomic E-state index is 12.0. The molecule has 0 radical (unpaired) electrons. The molecule has 0 saturated carbocycles. The lowest BCUT2D eigenvalue weighted by Crippen LogP contribution is -2.38. The number of amides is 1. The summed E-state index contributed by atoms with van der Waals surface area (Å²) in [6.45, 7) is 0.654. The van der Waals surface area contributed by atoms with Crippen LogP contribution in [-0.4, -0.2) is 45.1 Å². The van der Waals surface area contributed by atoms with Gasteiger partial charge in [0.05, 0.1) is 25.0 Å². The Bertz CT molecular complexity index is 382. The van der Waals surface area contributed by atoms with Gasteiger partial charge < -0.3 is 10.0 Å². The van der Waals surface area contributed by atoms with Gasteiger partial charge in [-0.2, -0.15) is 0 Å². The molecular formula is C10H12ClN3O2. The van der Waals surface area contributed by atoms with Crippen molar-refractivity contribution in [2.24, 2.45) is 0 Å². The molecule has 2 heterocycles. The minimum Gasteiger partial charge on any atom is -0.394 e. The highest BCUT2D eigenvalue weighted by molar-refractivity contribution is 6.29. The monoisotopic (exact) mass is 241 g/mol. The molecule has 1 amide bonds. The maximum atomic E-state index is 12.0. The molecule has 1 aliphatic rings. The summed E-state index contributed by atoms with van der Waals surface area (Å²) in [6.07, 6.45) is 4.46.